The van der Waals surface area contributed by atoms with Gasteiger partial charge in [0.2, 0.25) is 5.91 Å². The zero-order valence-corrected chi connectivity index (χ0v) is 14.8. The molecule has 2 saturated heterocycles. The Labute approximate surface area is 151 Å². The number of nitrogens with zero attached hydrogens (tertiary/aromatic N) is 2. The average molecular weight is 364 g/mol. The molecule has 4 rings (SSSR count). The average Bonchev–Trinajstić information content (AvgIpc) is 3.06. The third kappa shape index (κ3) is 3.81. The number of hydrogen-bond acceptors (Lipinski definition) is 5. The van der Waals surface area contributed by atoms with E-state index in [1.807, 2.05) is 23.1 Å². The Morgan fingerprint density at radius 2 is 2.20 bits per heavy atom. The first kappa shape index (κ1) is 16.8. The van der Waals surface area contributed by atoms with E-state index >= 15 is 0 Å². The first-order chi connectivity index (χ1) is 12.2. The van der Waals surface area contributed by atoms with E-state index in [0.717, 1.165) is 56.1 Å². The van der Waals surface area contributed by atoms with Crippen molar-refractivity contribution >= 4 is 28.6 Å². The van der Waals surface area contributed by atoms with Gasteiger partial charge in [-0.15, -0.1) is 0 Å². The highest BCUT2D eigenvalue weighted by Gasteiger charge is 2.28. The zero-order valence-electron chi connectivity index (χ0n) is 14.0. The van der Waals surface area contributed by atoms with Crippen LogP contribution in [0.2, 0.25) is 5.02 Å². The standard InChI is InChI=1S/C18H22ClN3O3/c19-13-1-2-16-15(9-13)21-18(25-16)12-3-6-22(7-4-12)17(23)10-14-11-24-8-5-20-14/h1-2,9,12,14,20H,3-8,10-11H2. The third-order valence-electron chi connectivity index (χ3n) is 4.98. The summed E-state index contributed by atoms with van der Waals surface area (Å²) < 4.78 is 11.3. The minimum absolute atomic E-state index is 0.140. The Bertz CT molecular complexity index is 749. The molecule has 134 valence electrons. The maximum absolute atomic E-state index is 12.5. The molecule has 2 aliphatic heterocycles. The molecule has 0 radical (unpaired) electrons. The fraction of sp³-hybridized carbons (Fsp3) is 0.556. The molecule has 2 aromatic rings. The molecule has 7 heteroatoms. The van der Waals surface area contributed by atoms with Crippen molar-refractivity contribution < 1.29 is 13.9 Å². The van der Waals surface area contributed by atoms with Gasteiger partial charge in [-0.3, -0.25) is 4.79 Å². The Balaban J connectivity index is 1.34. The summed E-state index contributed by atoms with van der Waals surface area (Å²) in [6, 6.07) is 5.62. The molecule has 0 saturated carbocycles. The van der Waals surface area contributed by atoms with Crippen LogP contribution in [0.25, 0.3) is 11.1 Å². The van der Waals surface area contributed by atoms with Gasteiger partial charge in [0.1, 0.15) is 5.52 Å². The van der Waals surface area contributed by atoms with E-state index < -0.39 is 0 Å². The van der Waals surface area contributed by atoms with Gasteiger partial charge in [0.05, 0.1) is 13.2 Å². The van der Waals surface area contributed by atoms with Crippen LogP contribution in [-0.4, -0.2) is 54.7 Å². The molecule has 0 aliphatic carbocycles. The second-order valence-corrected chi connectivity index (χ2v) is 7.19. The molecule has 1 aromatic carbocycles. The number of piperidine rings is 1. The Hall–Kier alpha value is -1.63. The van der Waals surface area contributed by atoms with Gasteiger partial charge in [-0.1, -0.05) is 11.6 Å². The van der Waals surface area contributed by atoms with Crippen LogP contribution in [-0.2, 0) is 9.53 Å². The van der Waals surface area contributed by atoms with Crippen molar-refractivity contribution in [2.75, 3.05) is 32.8 Å². The Morgan fingerprint density at radius 3 is 2.96 bits per heavy atom. The Kier molecular flexibility index (Phi) is 4.92. The second-order valence-electron chi connectivity index (χ2n) is 6.75. The van der Waals surface area contributed by atoms with E-state index in [2.05, 4.69) is 10.3 Å². The molecule has 1 aromatic heterocycles. The molecule has 2 aliphatic rings. The van der Waals surface area contributed by atoms with Crippen molar-refractivity contribution in [2.24, 2.45) is 0 Å². The molecule has 6 nitrogen and oxygen atoms in total. The maximum atomic E-state index is 12.5. The summed E-state index contributed by atoms with van der Waals surface area (Å²) in [5.74, 6) is 1.21. The molecule has 1 N–H and O–H groups in total. The van der Waals surface area contributed by atoms with E-state index in [1.54, 1.807) is 0 Å². The lowest BCUT2D eigenvalue weighted by Crippen LogP contribution is -2.46. The van der Waals surface area contributed by atoms with Crippen molar-refractivity contribution in [3.05, 3.63) is 29.1 Å². The van der Waals surface area contributed by atoms with E-state index in [4.69, 9.17) is 20.8 Å². The number of carbonyl (C=O) groups is 1. The van der Waals surface area contributed by atoms with Crippen LogP contribution in [0.3, 0.4) is 0 Å². The van der Waals surface area contributed by atoms with Gasteiger partial charge in [0.15, 0.2) is 11.5 Å². The summed E-state index contributed by atoms with van der Waals surface area (Å²) in [5.41, 5.74) is 1.56. The Morgan fingerprint density at radius 1 is 1.36 bits per heavy atom. The highest BCUT2D eigenvalue weighted by atomic mass is 35.5. The number of likely N-dealkylation sites (tertiary alicyclic amines) is 1. The lowest BCUT2D eigenvalue weighted by Gasteiger charge is -2.32. The minimum Gasteiger partial charge on any atom is -0.440 e. The minimum atomic E-state index is 0.140. The smallest absolute Gasteiger partial charge is 0.224 e. The topological polar surface area (TPSA) is 67.6 Å². The summed E-state index contributed by atoms with van der Waals surface area (Å²) in [6.45, 7) is 3.66. The number of hydrogen-bond donors (Lipinski definition) is 1. The number of oxazole rings is 1. The molecule has 1 atom stereocenters. The van der Waals surface area contributed by atoms with Crippen LogP contribution < -0.4 is 5.32 Å². The molecule has 1 unspecified atom stereocenters. The molecule has 2 fully saturated rings. The van der Waals surface area contributed by atoms with Crippen LogP contribution >= 0.6 is 11.6 Å². The van der Waals surface area contributed by atoms with Crippen molar-refractivity contribution in [1.29, 1.82) is 0 Å². The van der Waals surface area contributed by atoms with Crippen LogP contribution in [0.5, 0.6) is 0 Å². The predicted molar refractivity (Wildman–Crippen MR) is 94.8 cm³/mol. The predicted octanol–water partition coefficient (Wildman–Crippen LogP) is 2.57. The number of nitrogens with one attached hydrogen (secondary N) is 1. The summed E-state index contributed by atoms with van der Waals surface area (Å²) in [4.78, 5) is 19.0. The first-order valence-corrected chi connectivity index (χ1v) is 9.22. The highest BCUT2D eigenvalue weighted by molar-refractivity contribution is 6.31. The molecule has 1 amide bonds. The van der Waals surface area contributed by atoms with Crippen molar-refractivity contribution in [3.8, 4) is 0 Å². The van der Waals surface area contributed by atoms with Crippen LogP contribution in [0.15, 0.2) is 22.6 Å². The van der Waals surface area contributed by atoms with Gasteiger partial charge < -0.3 is 19.4 Å². The highest BCUT2D eigenvalue weighted by Crippen LogP contribution is 2.31. The fourth-order valence-corrected chi connectivity index (χ4v) is 3.73. The third-order valence-corrected chi connectivity index (χ3v) is 5.22. The summed E-state index contributed by atoms with van der Waals surface area (Å²) in [5, 5.41) is 4.00. The number of benzene rings is 1. The number of rotatable bonds is 3. The van der Waals surface area contributed by atoms with Gasteiger partial charge >= 0.3 is 0 Å². The number of fused-ring (bicyclic) bond motifs is 1. The van der Waals surface area contributed by atoms with Crippen LogP contribution in [0.1, 0.15) is 31.1 Å². The van der Waals surface area contributed by atoms with Gasteiger partial charge in [-0.25, -0.2) is 4.98 Å². The van der Waals surface area contributed by atoms with Gasteiger partial charge in [-0.05, 0) is 31.0 Å². The van der Waals surface area contributed by atoms with E-state index in [0.29, 0.717) is 18.1 Å². The van der Waals surface area contributed by atoms with Crippen molar-refractivity contribution in [1.82, 2.24) is 15.2 Å². The number of halogens is 1. The van der Waals surface area contributed by atoms with Gasteiger partial charge in [0, 0.05) is 43.0 Å². The van der Waals surface area contributed by atoms with Crippen molar-refractivity contribution in [3.63, 3.8) is 0 Å². The van der Waals surface area contributed by atoms with Crippen LogP contribution in [0.4, 0.5) is 0 Å². The van der Waals surface area contributed by atoms with Gasteiger partial charge in [-0.2, -0.15) is 0 Å². The first-order valence-electron chi connectivity index (χ1n) is 8.84. The summed E-state index contributed by atoms with van der Waals surface area (Å²) in [6.07, 6.45) is 2.26. The number of aromatic nitrogens is 1. The quantitative estimate of drug-likeness (QED) is 0.907. The second kappa shape index (κ2) is 7.32. The van der Waals surface area contributed by atoms with E-state index in [9.17, 15) is 4.79 Å². The van der Waals surface area contributed by atoms with E-state index in [1.165, 1.54) is 0 Å². The summed E-state index contributed by atoms with van der Waals surface area (Å²) >= 11 is 6.01. The van der Waals surface area contributed by atoms with Crippen molar-refractivity contribution in [2.45, 2.75) is 31.2 Å². The molecule has 0 spiro atoms. The number of amides is 1. The number of carbonyl (C=O) groups excluding carboxylic acids is 1. The van der Waals surface area contributed by atoms with Crippen LogP contribution in [0, 0.1) is 0 Å². The van der Waals surface area contributed by atoms with E-state index in [-0.39, 0.29) is 17.9 Å². The molecular weight excluding hydrogens is 342 g/mol. The van der Waals surface area contributed by atoms with Gasteiger partial charge in [0.25, 0.3) is 0 Å². The normalized spacial score (nSPS) is 22.4. The summed E-state index contributed by atoms with van der Waals surface area (Å²) in [7, 11) is 0. The lowest BCUT2D eigenvalue weighted by atomic mass is 9.96. The fourth-order valence-electron chi connectivity index (χ4n) is 3.56. The SMILES string of the molecule is O=C(CC1COCCN1)N1CCC(c2nc3cc(Cl)ccc3o2)CC1. The lowest BCUT2D eigenvalue weighted by molar-refractivity contribution is -0.133. The largest absolute Gasteiger partial charge is 0.440 e. The molecular formula is C18H22ClN3O3. The molecule has 25 heavy (non-hydrogen) atoms. The monoisotopic (exact) mass is 363 g/mol. The molecule has 0 bridgehead atoms. The number of morpholine rings is 1. The molecule has 3 heterocycles. The zero-order chi connectivity index (χ0) is 17.2. The number of ether oxygens (including phenoxy) is 1. The maximum Gasteiger partial charge on any atom is 0.224 e.